The van der Waals surface area contributed by atoms with E-state index in [-0.39, 0.29) is 43.6 Å². The van der Waals surface area contributed by atoms with Crippen molar-refractivity contribution in [2.45, 2.75) is 4.90 Å². The highest BCUT2D eigenvalue weighted by molar-refractivity contribution is 7.89. The minimum atomic E-state index is -3.66. The third-order valence-electron chi connectivity index (χ3n) is 5.21. The van der Waals surface area contributed by atoms with Gasteiger partial charge in [-0.3, -0.25) is 4.79 Å². The number of ether oxygens (including phenoxy) is 1. The lowest BCUT2D eigenvalue weighted by Crippen LogP contribution is -2.51. The quantitative estimate of drug-likeness (QED) is 0.409. The summed E-state index contributed by atoms with van der Waals surface area (Å²) in [6.45, 7) is 0.494. The van der Waals surface area contributed by atoms with Crippen molar-refractivity contribution in [2.24, 2.45) is 0 Å². The number of carbonyl (C=O) groups is 2. The Balaban J connectivity index is 1.30. The summed E-state index contributed by atoms with van der Waals surface area (Å²) in [6, 6.07) is 16.4. The minimum absolute atomic E-state index is 0.188. The van der Waals surface area contributed by atoms with Crippen LogP contribution in [0.3, 0.4) is 0 Å². The van der Waals surface area contributed by atoms with Gasteiger partial charge in [-0.1, -0.05) is 36.4 Å². The van der Waals surface area contributed by atoms with Crippen LogP contribution in [-0.2, 0) is 24.3 Å². The molecule has 0 radical (unpaired) electrons. The molecule has 0 aliphatic carbocycles. The van der Waals surface area contributed by atoms with Crippen LogP contribution in [0.1, 0.15) is 4.88 Å². The van der Waals surface area contributed by atoms with Crippen LogP contribution >= 0.6 is 11.3 Å². The molecule has 9 heteroatoms. The zero-order valence-corrected chi connectivity index (χ0v) is 18.8. The molecule has 1 aliphatic heterocycles. The molecule has 0 bridgehead atoms. The predicted octanol–water partition coefficient (Wildman–Crippen LogP) is 2.99. The highest BCUT2D eigenvalue weighted by Gasteiger charge is 2.30. The highest BCUT2D eigenvalue weighted by Crippen LogP contribution is 2.23. The molecule has 3 aromatic rings. The number of thiophene rings is 1. The topological polar surface area (TPSA) is 84.0 Å². The second kappa shape index (κ2) is 9.64. The molecular formula is C23H22N2O5S2. The summed E-state index contributed by atoms with van der Waals surface area (Å²) in [5.41, 5.74) is 0. The zero-order chi connectivity index (χ0) is 22.6. The van der Waals surface area contributed by atoms with Crippen molar-refractivity contribution < 1.29 is 22.7 Å². The summed E-state index contributed by atoms with van der Waals surface area (Å²) in [5.74, 6) is -0.935. The van der Waals surface area contributed by atoms with E-state index in [1.54, 1.807) is 24.3 Å². The Morgan fingerprint density at radius 2 is 1.72 bits per heavy atom. The number of nitrogens with zero attached hydrogens (tertiary/aromatic N) is 2. The third kappa shape index (κ3) is 5.07. The van der Waals surface area contributed by atoms with Gasteiger partial charge in [0.1, 0.15) is 0 Å². The van der Waals surface area contributed by atoms with Gasteiger partial charge in [0, 0.05) is 37.1 Å². The molecule has 1 saturated heterocycles. The van der Waals surface area contributed by atoms with E-state index >= 15 is 0 Å². The summed E-state index contributed by atoms with van der Waals surface area (Å²) in [4.78, 5) is 26.8. The maximum atomic E-state index is 13.0. The maximum absolute atomic E-state index is 13.0. The lowest BCUT2D eigenvalue weighted by molar-refractivity contribution is -0.148. The van der Waals surface area contributed by atoms with Crippen LogP contribution in [0.5, 0.6) is 0 Å². The highest BCUT2D eigenvalue weighted by atomic mass is 32.2. The summed E-state index contributed by atoms with van der Waals surface area (Å²) in [6.07, 6.45) is 2.92. The molecular weight excluding hydrogens is 448 g/mol. The average molecular weight is 471 g/mol. The molecule has 166 valence electrons. The SMILES string of the molecule is O=C(/C=C/c1cccs1)OCC(=O)N1CCN(S(=O)(=O)c2ccc3ccccc3c2)CC1. The fourth-order valence-electron chi connectivity index (χ4n) is 3.46. The Morgan fingerprint density at radius 3 is 2.44 bits per heavy atom. The van der Waals surface area contributed by atoms with Crippen molar-refractivity contribution in [1.82, 2.24) is 9.21 Å². The lowest BCUT2D eigenvalue weighted by Gasteiger charge is -2.33. The van der Waals surface area contributed by atoms with Gasteiger partial charge in [0.2, 0.25) is 10.0 Å². The van der Waals surface area contributed by atoms with Crippen LogP contribution in [0.25, 0.3) is 16.8 Å². The van der Waals surface area contributed by atoms with Crippen LogP contribution in [-0.4, -0.2) is 62.3 Å². The molecule has 0 N–H and O–H groups in total. The standard InChI is InChI=1S/C23H22N2O5S2/c26-22(17-30-23(27)10-8-20-6-3-15-31-20)24-11-13-25(14-12-24)32(28,29)21-9-7-18-4-1-2-5-19(18)16-21/h1-10,15-16H,11-14,17H2/b10-8+. The number of esters is 1. The van der Waals surface area contributed by atoms with Crippen molar-refractivity contribution >= 4 is 50.1 Å². The minimum Gasteiger partial charge on any atom is -0.452 e. The number of piperazine rings is 1. The van der Waals surface area contributed by atoms with Gasteiger partial charge >= 0.3 is 5.97 Å². The first-order chi connectivity index (χ1) is 15.4. The summed E-state index contributed by atoms with van der Waals surface area (Å²) < 4.78 is 32.5. The Morgan fingerprint density at radius 1 is 0.969 bits per heavy atom. The summed E-state index contributed by atoms with van der Waals surface area (Å²) >= 11 is 1.49. The second-order valence-corrected chi connectivity index (χ2v) is 10.2. The van der Waals surface area contributed by atoms with Gasteiger partial charge in [-0.15, -0.1) is 11.3 Å². The van der Waals surface area contributed by atoms with E-state index in [4.69, 9.17) is 4.74 Å². The molecule has 1 amide bonds. The molecule has 0 spiro atoms. The predicted molar refractivity (Wildman–Crippen MR) is 124 cm³/mol. The zero-order valence-electron chi connectivity index (χ0n) is 17.2. The van der Waals surface area contributed by atoms with Crippen LogP contribution in [0.15, 0.2) is 70.9 Å². The number of sulfonamides is 1. The van der Waals surface area contributed by atoms with E-state index < -0.39 is 16.0 Å². The van der Waals surface area contributed by atoms with Gasteiger partial charge in [-0.05, 0) is 40.4 Å². The van der Waals surface area contributed by atoms with Crippen LogP contribution < -0.4 is 0 Å². The van der Waals surface area contributed by atoms with Crippen LogP contribution in [0, 0.1) is 0 Å². The van der Waals surface area contributed by atoms with Crippen molar-refractivity contribution in [3.8, 4) is 0 Å². The third-order valence-corrected chi connectivity index (χ3v) is 7.95. The smallest absolute Gasteiger partial charge is 0.331 e. The van der Waals surface area contributed by atoms with E-state index in [0.29, 0.717) is 0 Å². The number of rotatable bonds is 6. The fraction of sp³-hybridized carbons (Fsp3) is 0.217. The first-order valence-electron chi connectivity index (χ1n) is 10.1. The van der Waals surface area contributed by atoms with E-state index in [1.807, 2.05) is 41.8 Å². The van der Waals surface area contributed by atoms with Crippen molar-refractivity contribution in [2.75, 3.05) is 32.8 Å². The van der Waals surface area contributed by atoms with Gasteiger partial charge in [-0.25, -0.2) is 13.2 Å². The monoisotopic (exact) mass is 470 g/mol. The molecule has 2 heterocycles. The van der Waals surface area contributed by atoms with Gasteiger partial charge < -0.3 is 9.64 Å². The van der Waals surface area contributed by atoms with Crippen molar-refractivity contribution in [3.63, 3.8) is 0 Å². The van der Waals surface area contributed by atoms with E-state index in [1.165, 1.54) is 26.6 Å². The number of amides is 1. The van der Waals surface area contributed by atoms with Crippen LogP contribution in [0.2, 0.25) is 0 Å². The fourth-order valence-corrected chi connectivity index (χ4v) is 5.54. The molecule has 0 atom stereocenters. The number of hydrogen-bond donors (Lipinski definition) is 0. The van der Waals surface area contributed by atoms with Gasteiger partial charge in [-0.2, -0.15) is 4.31 Å². The first-order valence-corrected chi connectivity index (χ1v) is 12.4. The molecule has 1 aliphatic rings. The van der Waals surface area contributed by atoms with Crippen molar-refractivity contribution in [3.05, 3.63) is 70.9 Å². The van der Waals surface area contributed by atoms with E-state index in [0.717, 1.165) is 15.6 Å². The molecule has 1 fully saturated rings. The normalized spacial score (nSPS) is 15.3. The number of hydrogen-bond acceptors (Lipinski definition) is 6. The maximum Gasteiger partial charge on any atom is 0.331 e. The summed E-state index contributed by atoms with van der Waals surface area (Å²) in [5, 5.41) is 3.73. The number of carbonyl (C=O) groups excluding carboxylic acids is 2. The largest absolute Gasteiger partial charge is 0.452 e. The number of fused-ring (bicyclic) bond motifs is 1. The van der Waals surface area contributed by atoms with E-state index in [9.17, 15) is 18.0 Å². The van der Waals surface area contributed by atoms with E-state index in [2.05, 4.69) is 0 Å². The summed E-state index contributed by atoms with van der Waals surface area (Å²) in [7, 11) is -3.66. The molecule has 32 heavy (non-hydrogen) atoms. The Hall–Kier alpha value is -3.01. The molecule has 2 aromatic carbocycles. The molecule has 4 rings (SSSR count). The average Bonchev–Trinajstić information content (AvgIpc) is 3.34. The van der Waals surface area contributed by atoms with Gasteiger partial charge in [0.25, 0.3) is 5.91 Å². The van der Waals surface area contributed by atoms with Crippen molar-refractivity contribution in [1.29, 1.82) is 0 Å². The molecule has 7 nitrogen and oxygen atoms in total. The molecule has 1 aromatic heterocycles. The Kier molecular flexibility index (Phi) is 6.69. The molecule has 0 unspecified atom stereocenters. The number of benzene rings is 2. The Bertz CT molecular complexity index is 1240. The van der Waals surface area contributed by atoms with Gasteiger partial charge in [0.05, 0.1) is 4.90 Å². The first kappa shape index (κ1) is 22.2. The van der Waals surface area contributed by atoms with Gasteiger partial charge in [0.15, 0.2) is 6.61 Å². The molecule has 0 saturated carbocycles. The second-order valence-electron chi connectivity index (χ2n) is 7.25. The lowest BCUT2D eigenvalue weighted by atomic mass is 10.1. The van der Waals surface area contributed by atoms with Crippen LogP contribution in [0.4, 0.5) is 0 Å². The Labute approximate surface area is 190 Å².